The van der Waals surface area contributed by atoms with Gasteiger partial charge in [0.05, 0.1) is 12.5 Å². The molecule has 21 heavy (non-hydrogen) atoms. The first-order valence-corrected chi connectivity index (χ1v) is 7.56. The first-order valence-electron chi connectivity index (χ1n) is 6.77. The lowest BCUT2D eigenvalue weighted by Crippen LogP contribution is -2.31. The number of hydrogen-bond acceptors (Lipinski definition) is 2. The van der Waals surface area contributed by atoms with Crippen molar-refractivity contribution in [3.8, 4) is 5.75 Å². The molecule has 110 valence electrons. The number of benzene rings is 2. The van der Waals surface area contributed by atoms with Crippen LogP contribution >= 0.6 is 15.9 Å². The third-order valence-electron chi connectivity index (χ3n) is 3.61. The van der Waals surface area contributed by atoms with Crippen LogP contribution in [0.3, 0.4) is 0 Å². The van der Waals surface area contributed by atoms with Crippen LogP contribution in [-0.4, -0.2) is 23.0 Å². The lowest BCUT2D eigenvalue weighted by atomic mass is 10.0. The van der Waals surface area contributed by atoms with Crippen LogP contribution in [0.1, 0.15) is 24.1 Å². The number of nitrogens with zero attached hydrogens (tertiary/aromatic N) is 1. The van der Waals surface area contributed by atoms with Crippen molar-refractivity contribution < 1.29 is 9.90 Å². The van der Waals surface area contributed by atoms with Crippen molar-refractivity contribution >= 4 is 21.8 Å². The molecule has 0 saturated heterocycles. The van der Waals surface area contributed by atoms with Crippen molar-refractivity contribution in [2.45, 2.75) is 19.4 Å². The van der Waals surface area contributed by atoms with Crippen molar-refractivity contribution in [3.63, 3.8) is 0 Å². The molecule has 0 spiro atoms. The number of likely N-dealkylation sites (N-methyl/N-ethyl adjacent to an activating group) is 1. The van der Waals surface area contributed by atoms with Gasteiger partial charge in [-0.2, -0.15) is 0 Å². The van der Waals surface area contributed by atoms with Gasteiger partial charge in [0.2, 0.25) is 5.91 Å². The van der Waals surface area contributed by atoms with E-state index in [9.17, 15) is 9.90 Å². The van der Waals surface area contributed by atoms with Gasteiger partial charge in [-0.15, -0.1) is 0 Å². The van der Waals surface area contributed by atoms with Crippen LogP contribution in [0.15, 0.2) is 53.0 Å². The lowest BCUT2D eigenvalue weighted by molar-refractivity contribution is -0.131. The second-order valence-corrected chi connectivity index (χ2v) is 5.96. The maximum absolute atomic E-state index is 12.4. The Balaban J connectivity index is 2.10. The quantitative estimate of drug-likeness (QED) is 0.910. The lowest BCUT2D eigenvalue weighted by Gasteiger charge is -2.26. The van der Waals surface area contributed by atoms with Gasteiger partial charge in [-0.3, -0.25) is 4.79 Å². The minimum atomic E-state index is -0.175. The van der Waals surface area contributed by atoms with Gasteiger partial charge in [-0.1, -0.05) is 46.3 Å². The van der Waals surface area contributed by atoms with E-state index in [1.54, 1.807) is 24.1 Å². The fourth-order valence-electron chi connectivity index (χ4n) is 2.21. The number of aromatic hydroxyl groups is 1. The van der Waals surface area contributed by atoms with Gasteiger partial charge in [-0.05, 0) is 30.7 Å². The summed E-state index contributed by atoms with van der Waals surface area (Å²) in [6, 6.07) is 14.7. The summed E-state index contributed by atoms with van der Waals surface area (Å²) in [6.07, 6.45) is 0.341. The summed E-state index contributed by atoms with van der Waals surface area (Å²) in [5.41, 5.74) is 1.72. The Hall–Kier alpha value is -1.81. The first-order chi connectivity index (χ1) is 9.99. The summed E-state index contributed by atoms with van der Waals surface area (Å²) in [5, 5.41) is 9.89. The Morgan fingerprint density at radius 1 is 1.24 bits per heavy atom. The second-order valence-electron chi connectivity index (χ2n) is 5.05. The predicted octanol–water partition coefficient (Wildman–Crippen LogP) is 3.92. The van der Waals surface area contributed by atoms with Crippen molar-refractivity contribution in [1.82, 2.24) is 4.90 Å². The molecule has 0 radical (unpaired) electrons. The zero-order valence-electron chi connectivity index (χ0n) is 12.1. The molecule has 4 heteroatoms. The largest absolute Gasteiger partial charge is 0.508 e. The Labute approximate surface area is 133 Å². The molecule has 3 nitrogen and oxygen atoms in total. The third-order valence-corrected chi connectivity index (χ3v) is 4.10. The Morgan fingerprint density at radius 2 is 1.95 bits per heavy atom. The van der Waals surface area contributed by atoms with Crippen LogP contribution < -0.4 is 0 Å². The number of phenolic OH excluding ortho intramolecular Hbond substituents is 1. The van der Waals surface area contributed by atoms with Gasteiger partial charge < -0.3 is 10.0 Å². The molecule has 0 saturated carbocycles. The summed E-state index contributed by atoms with van der Waals surface area (Å²) >= 11 is 3.41. The maximum Gasteiger partial charge on any atom is 0.227 e. The topological polar surface area (TPSA) is 40.5 Å². The Kier molecular flexibility index (Phi) is 5.02. The monoisotopic (exact) mass is 347 g/mol. The first kappa shape index (κ1) is 15.6. The Morgan fingerprint density at radius 3 is 2.62 bits per heavy atom. The highest BCUT2D eigenvalue weighted by Gasteiger charge is 2.19. The maximum atomic E-state index is 12.4. The van der Waals surface area contributed by atoms with Crippen molar-refractivity contribution in [2.75, 3.05) is 7.05 Å². The van der Waals surface area contributed by atoms with Gasteiger partial charge in [0.1, 0.15) is 5.75 Å². The van der Waals surface area contributed by atoms with Crippen molar-refractivity contribution in [2.24, 2.45) is 0 Å². The number of hydrogen-bond donors (Lipinski definition) is 1. The van der Waals surface area contributed by atoms with Crippen molar-refractivity contribution in [1.29, 1.82) is 0 Å². The van der Waals surface area contributed by atoms with E-state index in [0.29, 0.717) is 6.42 Å². The number of halogens is 1. The molecule has 0 fully saturated rings. The minimum Gasteiger partial charge on any atom is -0.508 e. The second kappa shape index (κ2) is 6.76. The zero-order chi connectivity index (χ0) is 15.4. The number of para-hydroxylation sites is 1. The molecule has 0 aliphatic heterocycles. The number of phenols is 1. The highest BCUT2D eigenvalue weighted by molar-refractivity contribution is 9.10. The summed E-state index contributed by atoms with van der Waals surface area (Å²) in [4.78, 5) is 14.0. The van der Waals surface area contributed by atoms with Crippen LogP contribution in [0.25, 0.3) is 0 Å². The number of amides is 1. The van der Waals surface area contributed by atoms with E-state index in [1.165, 1.54) is 0 Å². The molecular weight excluding hydrogens is 330 g/mol. The molecule has 1 N–H and O–H groups in total. The summed E-state index contributed by atoms with van der Waals surface area (Å²) in [7, 11) is 1.76. The van der Waals surface area contributed by atoms with Crippen molar-refractivity contribution in [3.05, 3.63) is 64.1 Å². The van der Waals surface area contributed by atoms with E-state index in [-0.39, 0.29) is 17.7 Å². The smallest absolute Gasteiger partial charge is 0.227 e. The fourth-order valence-corrected chi connectivity index (χ4v) is 2.66. The van der Waals surface area contributed by atoms with E-state index >= 15 is 0 Å². The van der Waals surface area contributed by atoms with E-state index in [2.05, 4.69) is 15.9 Å². The van der Waals surface area contributed by atoms with E-state index in [4.69, 9.17) is 0 Å². The molecule has 1 atom stereocenters. The minimum absolute atomic E-state index is 0.0175. The molecule has 2 rings (SSSR count). The van der Waals surface area contributed by atoms with Gasteiger partial charge in [0.15, 0.2) is 0 Å². The highest BCUT2D eigenvalue weighted by atomic mass is 79.9. The number of rotatable bonds is 4. The zero-order valence-corrected chi connectivity index (χ0v) is 13.7. The van der Waals surface area contributed by atoms with Crippen LogP contribution in [0, 0.1) is 0 Å². The summed E-state index contributed by atoms with van der Waals surface area (Å²) in [6.45, 7) is 1.91. The summed E-state index contributed by atoms with van der Waals surface area (Å²) in [5.74, 6) is 0.232. The van der Waals surface area contributed by atoms with Gasteiger partial charge in [0, 0.05) is 17.1 Å². The number of carbonyl (C=O) groups excluding carboxylic acids is 1. The van der Waals surface area contributed by atoms with Crippen LogP contribution in [-0.2, 0) is 11.2 Å². The van der Waals surface area contributed by atoms with Crippen LogP contribution in [0.2, 0.25) is 0 Å². The van der Waals surface area contributed by atoms with Gasteiger partial charge >= 0.3 is 0 Å². The molecule has 0 aromatic heterocycles. The average molecular weight is 348 g/mol. The molecular formula is C17H18BrNO2. The third kappa shape index (κ3) is 3.85. The normalized spacial score (nSPS) is 12.0. The van der Waals surface area contributed by atoms with Crippen LogP contribution in [0.5, 0.6) is 5.75 Å². The molecule has 0 heterocycles. The molecule has 2 aromatic rings. The summed E-state index contributed by atoms with van der Waals surface area (Å²) < 4.78 is 0.962. The number of carbonyl (C=O) groups is 1. The molecule has 0 bridgehead atoms. The van der Waals surface area contributed by atoms with E-state index < -0.39 is 0 Å². The SMILES string of the molecule is CC(c1ccccc1O)N(C)C(=O)Cc1cccc(Br)c1. The standard InChI is InChI=1S/C17H18BrNO2/c1-12(15-8-3-4-9-16(15)20)19(2)17(21)11-13-6-5-7-14(18)10-13/h3-10,12,20H,11H2,1-2H3. The fraction of sp³-hybridized carbons (Fsp3) is 0.235. The van der Waals surface area contributed by atoms with E-state index in [1.807, 2.05) is 43.3 Å². The van der Waals surface area contributed by atoms with Crippen LogP contribution in [0.4, 0.5) is 0 Å². The Bertz CT molecular complexity index is 642. The highest BCUT2D eigenvalue weighted by Crippen LogP contribution is 2.27. The molecule has 0 aliphatic carbocycles. The van der Waals surface area contributed by atoms with E-state index in [0.717, 1.165) is 15.6 Å². The molecule has 0 aliphatic rings. The molecule has 1 amide bonds. The molecule has 1 unspecified atom stereocenters. The van der Waals surface area contributed by atoms with Gasteiger partial charge in [0.25, 0.3) is 0 Å². The molecule has 2 aromatic carbocycles. The predicted molar refractivity (Wildman–Crippen MR) is 87.1 cm³/mol. The average Bonchev–Trinajstić information content (AvgIpc) is 2.46. The van der Waals surface area contributed by atoms with Gasteiger partial charge in [-0.25, -0.2) is 0 Å².